The maximum atomic E-state index is 12.0. The summed E-state index contributed by atoms with van der Waals surface area (Å²) in [4.78, 5) is 13.9. The minimum atomic E-state index is 0.0727. The summed E-state index contributed by atoms with van der Waals surface area (Å²) in [6.45, 7) is 1.87. The standard InChI is InChI=1S/C14H16ClN3O/c15-12-5-4-6-13(11(12)9-16)17-10-14(19)18-7-2-1-3-8-18/h4-6,17H,1-3,7-8,10H2. The normalized spacial score (nSPS) is 14.8. The Balaban J connectivity index is 1.97. The van der Waals surface area contributed by atoms with Gasteiger partial charge in [0.2, 0.25) is 5.91 Å². The predicted octanol–water partition coefficient (Wildman–Crippen LogP) is 2.64. The van der Waals surface area contributed by atoms with E-state index in [0.29, 0.717) is 16.3 Å². The van der Waals surface area contributed by atoms with Crippen molar-refractivity contribution >= 4 is 23.2 Å². The third-order valence-electron chi connectivity index (χ3n) is 3.26. The van der Waals surface area contributed by atoms with E-state index in [9.17, 15) is 4.79 Å². The molecule has 1 heterocycles. The Hall–Kier alpha value is -1.73. The van der Waals surface area contributed by atoms with Gasteiger partial charge in [0.05, 0.1) is 22.8 Å². The number of rotatable bonds is 3. The van der Waals surface area contributed by atoms with Crippen LogP contribution < -0.4 is 5.32 Å². The van der Waals surface area contributed by atoms with Gasteiger partial charge in [0.1, 0.15) is 6.07 Å². The van der Waals surface area contributed by atoms with Crippen molar-refractivity contribution in [3.63, 3.8) is 0 Å². The number of anilines is 1. The first-order valence-electron chi connectivity index (χ1n) is 6.42. The summed E-state index contributed by atoms with van der Waals surface area (Å²) >= 11 is 5.94. The average Bonchev–Trinajstić information content (AvgIpc) is 2.45. The molecule has 4 nitrogen and oxygen atoms in total. The van der Waals surface area contributed by atoms with Crippen molar-refractivity contribution in [1.82, 2.24) is 4.90 Å². The molecule has 0 unspecified atom stereocenters. The van der Waals surface area contributed by atoms with Gasteiger partial charge >= 0.3 is 0 Å². The third-order valence-corrected chi connectivity index (χ3v) is 3.58. The van der Waals surface area contributed by atoms with Crippen molar-refractivity contribution in [1.29, 1.82) is 5.26 Å². The van der Waals surface area contributed by atoms with Gasteiger partial charge in [0.15, 0.2) is 0 Å². The maximum absolute atomic E-state index is 12.0. The number of hydrogen-bond acceptors (Lipinski definition) is 3. The van der Waals surface area contributed by atoms with Gasteiger partial charge in [-0.2, -0.15) is 5.26 Å². The maximum Gasteiger partial charge on any atom is 0.241 e. The van der Waals surface area contributed by atoms with Crippen LogP contribution in [-0.4, -0.2) is 30.4 Å². The molecule has 0 saturated carbocycles. The van der Waals surface area contributed by atoms with E-state index in [-0.39, 0.29) is 12.5 Å². The predicted molar refractivity (Wildman–Crippen MR) is 75.1 cm³/mol. The number of nitrogens with one attached hydrogen (secondary N) is 1. The van der Waals surface area contributed by atoms with Crippen LogP contribution in [0.4, 0.5) is 5.69 Å². The molecule has 0 aliphatic carbocycles. The Morgan fingerprint density at radius 1 is 1.37 bits per heavy atom. The van der Waals surface area contributed by atoms with E-state index in [1.165, 1.54) is 6.42 Å². The lowest BCUT2D eigenvalue weighted by Gasteiger charge is -2.27. The van der Waals surface area contributed by atoms with Crippen molar-refractivity contribution in [3.05, 3.63) is 28.8 Å². The molecule has 100 valence electrons. The Kier molecular flexibility index (Phi) is 4.64. The van der Waals surface area contributed by atoms with Gasteiger partial charge in [-0.25, -0.2) is 0 Å². The molecule has 2 rings (SSSR count). The third kappa shape index (κ3) is 3.39. The lowest BCUT2D eigenvalue weighted by atomic mass is 10.1. The van der Waals surface area contributed by atoms with Gasteiger partial charge in [-0.15, -0.1) is 0 Å². The second kappa shape index (κ2) is 6.44. The number of carbonyl (C=O) groups is 1. The minimum absolute atomic E-state index is 0.0727. The van der Waals surface area contributed by atoms with Crippen LogP contribution in [-0.2, 0) is 4.79 Å². The van der Waals surface area contributed by atoms with Gasteiger partial charge < -0.3 is 10.2 Å². The summed E-state index contributed by atoms with van der Waals surface area (Å²) in [6, 6.07) is 7.23. The van der Waals surface area contributed by atoms with Gasteiger partial charge in [-0.3, -0.25) is 4.79 Å². The van der Waals surface area contributed by atoms with Crippen molar-refractivity contribution in [3.8, 4) is 6.07 Å². The average molecular weight is 278 g/mol. The molecule has 0 atom stereocenters. The Labute approximate surface area is 118 Å². The Morgan fingerprint density at radius 2 is 2.11 bits per heavy atom. The highest BCUT2D eigenvalue weighted by atomic mass is 35.5. The molecule has 1 aliphatic rings. The number of carbonyl (C=O) groups excluding carboxylic acids is 1. The molecule has 1 amide bonds. The quantitative estimate of drug-likeness (QED) is 0.924. The Morgan fingerprint density at radius 3 is 2.79 bits per heavy atom. The van der Waals surface area contributed by atoms with Crippen molar-refractivity contribution in [2.75, 3.05) is 25.0 Å². The molecule has 19 heavy (non-hydrogen) atoms. The SMILES string of the molecule is N#Cc1c(Cl)cccc1NCC(=O)N1CCCCC1. The van der Waals surface area contributed by atoms with Crippen LogP contribution in [0.3, 0.4) is 0 Å². The van der Waals surface area contributed by atoms with E-state index in [4.69, 9.17) is 16.9 Å². The van der Waals surface area contributed by atoms with E-state index < -0.39 is 0 Å². The van der Waals surface area contributed by atoms with Gasteiger partial charge in [0.25, 0.3) is 0 Å². The lowest BCUT2D eigenvalue weighted by Crippen LogP contribution is -2.39. The highest BCUT2D eigenvalue weighted by Gasteiger charge is 2.16. The fourth-order valence-electron chi connectivity index (χ4n) is 2.21. The van der Waals surface area contributed by atoms with Crippen molar-refractivity contribution in [2.45, 2.75) is 19.3 Å². The van der Waals surface area contributed by atoms with Gasteiger partial charge in [-0.1, -0.05) is 17.7 Å². The minimum Gasteiger partial charge on any atom is -0.375 e. The fourth-order valence-corrected chi connectivity index (χ4v) is 2.43. The van der Waals surface area contributed by atoms with E-state index in [0.717, 1.165) is 25.9 Å². The van der Waals surface area contributed by atoms with Crippen LogP contribution in [0, 0.1) is 11.3 Å². The highest BCUT2D eigenvalue weighted by Crippen LogP contribution is 2.23. The van der Waals surface area contributed by atoms with Crippen LogP contribution in [0.1, 0.15) is 24.8 Å². The first-order valence-corrected chi connectivity index (χ1v) is 6.80. The van der Waals surface area contributed by atoms with Crippen molar-refractivity contribution in [2.24, 2.45) is 0 Å². The van der Waals surface area contributed by atoms with E-state index in [1.807, 2.05) is 11.0 Å². The summed E-state index contributed by atoms with van der Waals surface area (Å²) in [7, 11) is 0. The molecule has 1 N–H and O–H groups in total. The number of nitrogens with zero attached hydrogens (tertiary/aromatic N) is 2. The van der Waals surface area contributed by atoms with Crippen LogP contribution in [0.5, 0.6) is 0 Å². The second-order valence-electron chi connectivity index (χ2n) is 4.57. The number of likely N-dealkylation sites (tertiary alicyclic amines) is 1. The topological polar surface area (TPSA) is 56.1 Å². The van der Waals surface area contributed by atoms with Gasteiger partial charge in [-0.05, 0) is 31.4 Å². The summed E-state index contributed by atoms with van der Waals surface area (Å²) in [5, 5.41) is 12.4. The van der Waals surface area contributed by atoms with Crippen LogP contribution in [0.2, 0.25) is 5.02 Å². The molecular formula is C14H16ClN3O. The number of benzene rings is 1. The Bertz CT molecular complexity index is 504. The zero-order valence-corrected chi connectivity index (χ0v) is 11.4. The van der Waals surface area contributed by atoms with E-state index >= 15 is 0 Å². The molecule has 1 aromatic carbocycles. The monoisotopic (exact) mass is 277 g/mol. The molecule has 0 spiro atoms. The first kappa shape index (κ1) is 13.7. The van der Waals surface area contributed by atoms with Crippen molar-refractivity contribution < 1.29 is 4.79 Å². The van der Waals surface area contributed by atoms with Crippen LogP contribution >= 0.6 is 11.6 Å². The largest absolute Gasteiger partial charge is 0.375 e. The zero-order chi connectivity index (χ0) is 13.7. The fraction of sp³-hybridized carbons (Fsp3) is 0.429. The van der Waals surface area contributed by atoms with Gasteiger partial charge in [0, 0.05) is 13.1 Å². The molecule has 0 radical (unpaired) electrons. The number of nitriles is 1. The molecule has 0 aromatic heterocycles. The number of hydrogen-bond donors (Lipinski definition) is 1. The summed E-state index contributed by atoms with van der Waals surface area (Å²) in [5.41, 5.74) is 0.996. The lowest BCUT2D eigenvalue weighted by molar-refractivity contribution is -0.130. The zero-order valence-electron chi connectivity index (χ0n) is 10.7. The van der Waals surface area contributed by atoms with Crippen LogP contribution in [0.15, 0.2) is 18.2 Å². The second-order valence-corrected chi connectivity index (χ2v) is 4.98. The smallest absolute Gasteiger partial charge is 0.241 e. The molecule has 0 bridgehead atoms. The molecular weight excluding hydrogens is 262 g/mol. The summed E-state index contributed by atoms with van der Waals surface area (Å²) < 4.78 is 0. The molecule has 1 aromatic rings. The summed E-state index contributed by atoms with van der Waals surface area (Å²) in [6.07, 6.45) is 3.35. The number of halogens is 1. The van der Waals surface area contributed by atoms with Crippen LogP contribution in [0.25, 0.3) is 0 Å². The number of piperidine rings is 1. The first-order chi connectivity index (χ1) is 9.22. The number of amides is 1. The van der Waals surface area contributed by atoms with E-state index in [2.05, 4.69) is 5.32 Å². The summed E-state index contributed by atoms with van der Waals surface area (Å²) in [5.74, 6) is 0.0727. The van der Waals surface area contributed by atoms with E-state index in [1.54, 1.807) is 18.2 Å². The molecule has 1 aliphatic heterocycles. The molecule has 1 saturated heterocycles. The highest BCUT2D eigenvalue weighted by molar-refractivity contribution is 6.32. The molecule has 1 fully saturated rings. The molecule has 5 heteroatoms.